The number of aromatic amines is 1. The molecule has 102 valence electrons. The molecule has 0 aliphatic carbocycles. The number of hydrogen-bond donors (Lipinski definition) is 3. The Hall–Kier alpha value is -1.63. The quantitative estimate of drug-likeness (QED) is 0.747. The Morgan fingerprint density at radius 2 is 2.26 bits per heavy atom. The van der Waals surface area contributed by atoms with Crippen LogP contribution in [-0.4, -0.2) is 38.6 Å². The zero-order chi connectivity index (χ0) is 13.5. The lowest BCUT2D eigenvalue weighted by molar-refractivity contribution is -0.00167. The third-order valence-electron chi connectivity index (χ3n) is 3.59. The first-order valence-electron chi connectivity index (χ1n) is 6.27. The minimum Gasteiger partial charge on any atom is -0.396 e. The van der Waals surface area contributed by atoms with Gasteiger partial charge in [0.25, 0.3) is 0 Å². The van der Waals surface area contributed by atoms with Crippen LogP contribution in [-0.2, 0) is 4.74 Å². The highest BCUT2D eigenvalue weighted by Crippen LogP contribution is 2.34. The number of hydrogen-bond acceptors (Lipinski definition) is 4. The molecule has 19 heavy (non-hydrogen) atoms. The highest BCUT2D eigenvalue weighted by atomic mass is 16.5. The van der Waals surface area contributed by atoms with E-state index in [0.717, 1.165) is 11.0 Å². The van der Waals surface area contributed by atoms with Crippen molar-refractivity contribution < 1.29 is 14.9 Å². The van der Waals surface area contributed by atoms with Crippen molar-refractivity contribution in [1.29, 1.82) is 0 Å². The molecular weight excluding hydrogens is 248 g/mol. The van der Waals surface area contributed by atoms with E-state index in [0.29, 0.717) is 6.42 Å². The molecule has 1 saturated heterocycles. The molecule has 1 aromatic heterocycles. The Balaban J connectivity index is 1.98. The molecule has 2 heterocycles. The first kappa shape index (κ1) is 12.4. The van der Waals surface area contributed by atoms with Crippen LogP contribution in [0.2, 0.25) is 0 Å². The molecule has 0 radical (unpaired) electrons. The molecule has 1 aliphatic rings. The first-order chi connectivity index (χ1) is 9.13. The molecule has 0 spiro atoms. The fourth-order valence-electron chi connectivity index (χ4n) is 2.60. The van der Waals surface area contributed by atoms with Gasteiger partial charge in [0, 0.05) is 19.4 Å². The van der Waals surface area contributed by atoms with Crippen LogP contribution in [0.15, 0.2) is 29.1 Å². The van der Waals surface area contributed by atoms with Gasteiger partial charge >= 0.3 is 5.69 Å². The molecule has 0 saturated carbocycles. The number of rotatable bonds is 3. The van der Waals surface area contributed by atoms with E-state index in [-0.39, 0.29) is 25.3 Å². The molecule has 0 bridgehead atoms. The topological polar surface area (TPSA) is 87.5 Å². The van der Waals surface area contributed by atoms with E-state index in [9.17, 15) is 9.90 Å². The lowest BCUT2D eigenvalue weighted by Gasteiger charge is -2.18. The van der Waals surface area contributed by atoms with Gasteiger partial charge in [0.2, 0.25) is 0 Å². The number of aliphatic hydroxyl groups excluding tert-OH is 1. The van der Waals surface area contributed by atoms with Crippen LogP contribution < -0.4 is 5.69 Å². The average Bonchev–Trinajstić information content (AvgIpc) is 2.89. The summed E-state index contributed by atoms with van der Waals surface area (Å²) >= 11 is 0. The Morgan fingerprint density at radius 1 is 1.47 bits per heavy atom. The van der Waals surface area contributed by atoms with E-state index >= 15 is 0 Å². The minimum absolute atomic E-state index is 0.102. The largest absolute Gasteiger partial charge is 0.396 e. The minimum atomic E-state index is -1.06. The van der Waals surface area contributed by atoms with Crippen LogP contribution in [0.1, 0.15) is 19.1 Å². The van der Waals surface area contributed by atoms with Crippen molar-refractivity contribution in [3.8, 4) is 0 Å². The van der Waals surface area contributed by atoms with E-state index in [4.69, 9.17) is 9.84 Å². The number of aromatic nitrogens is 2. The third-order valence-corrected chi connectivity index (χ3v) is 3.59. The summed E-state index contributed by atoms with van der Waals surface area (Å²) in [5.74, 6) is 0. The number of benzene rings is 1. The SMILES string of the molecule is O=c1[nH]c2ccccc2n1[C@H]1CC(O)(CCO)CO1. The maximum absolute atomic E-state index is 12.0. The molecule has 2 aromatic rings. The van der Waals surface area contributed by atoms with Crippen molar-refractivity contribution in [2.45, 2.75) is 24.7 Å². The fraction of sp³-hybridized carbons (Fsp3) is 0.462. The number of H-pyrrole nitrogens is 1. The van der Waals surface area contributed by atoms with E-state index in [1.807, 2.05) is 24.3 Å². The summed E-state index contributed by atoms with van der Waals surface area (Å²) in [6.45, 7) is 0.0273. The number of fused-ring (bicyclic) bond motifs is 1. The number of nitrogens with one attached hydrogen (secondary N) is 1. The molecule has 6 heteroatoms. The van der Waals surface area contributed by atoms with Gasteiger partial charge < -0.3 is 19.9 Å². The van der Waals surface area contributed by atoms with Gasteiger partial charge in [-0.1, -0.05) is 12.1 Å². The second-order valence-corrected chi connectivity index (χ2v) is 4.99. The third kappa shape index (κ3) is 2.07. The van der Waals surface area contributed by atoms with Crippen LogP contribution in [0.3, 0.4) is 0 Å². The van der Waals surface area contributed by atoms with Gasteiger partial charge in [-0.25, -0.2) is 4.79 Å². The monoisotopic (exact) mass is 264 g/mol. The molecule has 6 nitrogen and oxygen atoms in total. The summed E-state index contributed by atoms with van der Waals surface area (Å²) in [4.78, 5) is 14.8. The van der Waals surface area contributed by atoms with Gasteiger partial charge in [0.1, 0.15) is 6.23 Å². The second kappa shape index (κ2) is 4.48. The Bertz CT molecular complexity index is 647. The standard InChI is InChI=1S/C13H16N2O4/c16-6-5-13(18)7-11(19-8-13)15-10-4-2-1-3-9(10)14-12(15)17/h1-4,11,16,18H,5-8H2,(H,14,17)/t11-,13?/m1/s1. The summed E-state index contributed by atoms with van der Waals surface area (Å²) < 4.78 is 7.05. The Kier molecular flexibility index (Phi) is 2.93. The maximum atomic E-state index is 12.0. The van der Waals surface area contributed by atoms with Crippen molar-refractivity contribution in [3.05, 3.63) is 34.7 Å². The smallest absolute Gasteiger partial charge is 0.328 e. The fourth-order valence-corrected chi connectivity index (χ4v) is 2.60. The van der Waals surface area contributed by atoms with Crippen molar-refractivity contribution >= 4 is 11.0 Å². The molecule has 3 N–H and O–H groups in total. The van der Waals surface area contributed by atoms with Gasteiger partial charge in [-0.2, -0.15) is 0 Å². The van der Waals surface area contributed by atoms with Gasteiger partial charge in [-0.05, 0) is 12.1 Å². The summed E-state index contributed by atoms with van der Waals surface area (Å²) in [5, 5.41) is 19.2. The van der Waals surface area contributed by atoms with Crippen molar-refractivity contribution in [2.24, 2.45) is 0 Å². The van der Waals surface area contributed by atoms with E-state index in [2.05, 4.69) is 4.98 Å². The molecule has 1 unspecified atom stereocenters. The van der Waals surface area contributed by atoms with Gasteiger partial charge in [-0.3, -0.25) is 4.57 Å². The summed E-state index contributed by atoms with van der Waals surface area (Å²) in [5.41, 5.74) is 0.191. The van der Waals surface area contributed by atoms with Gasteiger partial charge in [-0.15, -0.1) is 0 Å². The first-order valence-corrected chi connectivity index (χ1v) is 6.27. The molecule has 2 atom stereocenters. The van der Waals surface area contributed by atoms with Crippen LogP contribution in [0.25, 0.3) is 11.0 Å². The zero-order valence-electron chi connectivity index (χ0n) is 10.4. The summed E-state index contributed by atoms with van der Waals surface area (Å²) in [6.07, 6.45) is 0.0517. The lowest BCUT2D eigenvalue weighted by Crippen LogP contribution is -2.30. The van der Waals surface area contributed by atoms with E-state index < -0.39 is 11.8 Å². The van der Waals surface area contributed by atoms with Gasteiger partial charge in [0.05, 0.1) is 23.2 Å². The Morgan fingerprint density at radius 3 is 3.05 bits per heavy atom. The van der Waals surface area contributed by atoms with Crippen molar-refractivity contribution in [3.63, 3.8) is 0 Å². The highest BCUT2D eigenvalue weighted by molar-refractivity contribution is 5.75. The molecule has 0 amide bonds. The molecule has 1 aliphatic heterocycles. The molecule has 3 rings (SSSR count). The Labute approximate surface area is 109 Å². The number of ether oxygens (including phenoxy) is 1. The second-order valence-electron chi connectivity index (χ2n) is 4.99. The predicted octanol–water partition coefficient (Wildman–Crippen LogP) is 0.362. The number of aliphatic hydroxyl groups is 2. The number of imidazole rings is 1. The maximum Gasteiger partial charge on any atom is 0.328 e. The normalized spacial score (nSPS) is 27.2. The number of para-hydroxylation sites is 2. The van der Waals surface area contributed by atoms with Crippen LogP contribution in [0, 0.1) is 0 Å². The highest BCUT2D eigenvalue weighted by Gasteiger charge is 2.39. The lowest BCUT2D eigenvalue weighted by atomic mass is 9.99. The van der Waals surface area contributed by atoms with Crippen molar-refractivity contribution in [1.82, 2.24) is 9.55 Å². The van der Waals surface area contributed by atoms with Crippen LogP contribution in [0.4, 0.5) is 0 Å². The molecule has 1 aromatic carbocycles. The van der Waals surface area contributed by atoms with Crippen LogP contribution >= 0.6 is 0 Å². The molecule has 1 fully saturated rings. The van der Waals surface area contributed by atoms with E-state index in [1.165, 1.54) is 4.57 Å². The summed E-state index contributed by atoms with van der Waals surface area (Å²) in [7, 11) is 0. The zero-order valence-corrected chi connectivity index (χ0v) is 10.4. The molecular formula is C13H16N2O4. The summed E-state index contributed by atoms with van der Waals surface area (Å²) in [6, 6.07) is 7.35. The van der Waals surface area contributed by atoms with E-state index in [1.54, 1.807) is 0 Å². The van der Waals surface area contributed by atoms with Crippen molar-refractivity contribution in [2.75, 3.05) is 13.2 Å². The number of nitrogens with zero attached hydrogens (tertiary/aromatic N) is 1. The van der Waals surface area contributed by atoms with Gasteiger partial charge in [0.15, 0.2) is 0 Å². The van der Waals surface area contributed by atoms with Crippen LogP contribution in [0.5, 0.6) is 0 Å². The predicted molar refractivity (Wildman–Crippen MR) is 68.8 cm³/mol. The average molecular weight is 264 g/mol.